The number of rotatable bonds is 18. The maximum Gasteiger partial charge on any atom is 0.327 e. The number of fused-ring (bicyclic) bond motifs is 1. The number of carbonyl (C=O) groups excluding carboxylic acids is 4. The van der Waals surface area contributed by atoms with Crippen LogP contribution in [0.1, 0.15) is 42.2 Å². The highest BCUT2D eigenvalue weighted by Gasteiger charge is 2.28. The first-order valence-corrected chi connectivity index (χ1v) is 17.1. The fourth-order valence-electron chi connectivity index (χ4n) is 4.23. The molecule has 0 aliphatic heterocycles. The van der Waals surface area contributed by atoms with E-state index in [0.29, 0.717) is 16.9 Å². The zero-order valence-electron chi connectivity index (χ0n) is 26.5. The molecule has 4 amide bonds. The summed E-state index contributed by atoms with van der Waals surface area (Å²) in [5, 5.41) is 21.8. The van der Waals surface area contributed by atoms with Crippen molar-refractivity contribution in [2.45, 2.75) is 50.9 Å². The molecule has 270 valence electrons. The molecular formula is C28H36N10O10S2. The molecule has 1 aromatic carbocycles. The van der Waals surface area contributed by atoms with Crippen LogP contribution in [0.5, 0.6) is 0 Å². The summed E-state index contributed by atoms with van der Waals surface area (Å²) in [4.78, 5) is 88.6. The summed E-state index contributed by atoms with van der Waals surface area (Å²) in [6.45, 7) is 1.40. The minimum Gasteiger partial charge on any atom is -0.480 e. The monoisotopic (exact) mass is 736 g/mol. The van der Waals surface area contributed by atoms with Gasteiger partial charge in [-0.3, -0.25) is 33.5 Å². The van der Waals surface area contributed by atoms with E-state index in [1.807, 2.05) is 0 Å². The van der Waals surface area contributed by atoms with Gasteiger partial charge in [-0.05, 0) is 37.6 Å². The highest BCUT2D eigenvalue weighted by Crippen LogP contribution is 2.12. The molecule has 0 bridgehead atoms. The van der Waals surface area contributed by atoms with Gasteiger partial charge in [0.2, 0.25) is 23.7 Å². The van der Waals surface area contributed by atoms with E-state index in [0.717, 1.165) is 0 Å². The van der Waals surface area contributed by atoms with Gasteiger partial charge < -0.3 is 37.4 Å². The quantitative estimate of drug-likeness (QED) is 0.0508. The van der Waals surface area contributed by atoms with E-state index in [4.69, 9.17) is 10.3 Å². The third kappa shape index (κ3) is 12.6. The van der Waals surface area contributed by atoms with Crippen LogP contribution in [-0.4, -0.2) is 104 Å². The highest BCUT2D eigenvalue weighted by molar-refractivity contribution is 7.85. The summed E-state index contributed by atoms with van der Waals surface area (Å²) in [6, 6.07) is 2.99. The summed E-state index contributed by atoms with van der Waals surface area (Å²) < 4.78 is 30.6. The predicted octanol–water partition coefficient (Wildman–Crippen LogP) is -1.82. The molecule has 0 saturated carbocycles. The van der Waals surface area contributed by atoms with Crippen molar-refractivity contribution in [2.75, 3.05) is 29.1 Å². The maximum absolute atomic E-state index is 12.8. The molecule has 50 heavy (non-hydrogen) atoms. The number of H-pyrrole nitrogens is 1. The number of aromatic nitrogens is 4. The molecule has 0 saturated heterocycles. The van der Waals surface area contributed by atoms with Crippen molar-refractivity contribution in [1.82, 2.24) is 41.2 Å². The zero-order chi connectivity index (χ0) is 37.0. The average Bonchev–Trinajstić information content (AvgIpc) is 3.04. The smallest absolute Gasteiger partial charge is 0.327 e. The number of hydrogen-bond donors (Lipinski definition) is 10. The molecule has 0 unspecified atom stereocenters. The van der Waals surface area contributed by atoms with Crippen LogP contribution in [0.15, 0.2) is 35.3 Å². The molecule has 0 aliphatic carbocycles. The van der Waals surface area contributed by atoms with Gasteiger partial charge in [0, 0.05) is 36.0 Å². The van der Waals surface area contributed by atoms with Crippen molar-refractivity contribution in [3.63, 3.8) is 0 Å². The van der Waals surface area contributed by atoms with Crippen molar-refractivity contribution in [3.8, 4) is 0 Å². The number of nitrogen functional groups attached to an aromatic ring is 1. The molecule has 3 rings (SSSR count). The van der Waals surface area contributed by atoms with E-state index in [1.54, 1.807) is 31.2 Å². The van der Waals surface area contributed by atoms with Crippen molar-refractivity contribution in [3.05, 3.63) is 52.1 Å². The Kier molecular flexibility index (Phi) is 14.0. The Balaban J connectivity index is 1.51. The van der Waals surface area contributed by atoms with Crippen LogP contribution in [0.25, 0.3) is 11.2 Å². The Bertz CT molecular complexity index is 1890. The number of aromatic amines is 1. The van der Waals surface area contributed by atoms with E-state index < -0.39 is 82.1 Å². The molecule has 20 nitrogen and oxygen atoms in total. The summed E-state index contributed by atoms with van der Waals surface area (Å²) >= 11 is 3.86. The first kappa shape index (κ1) is 39.1. The number of carboxylic acid groups (broad SMARTS) is 1. The van der Waals surface area contributed by atoms with Crippen molar-refractivity contribution >= 4 is 75.1 Å². The molecule has 0 spiro atoms. The first-order chi connectivity index (χ1) is 23.5. The number of nitrogens with two attached hydrogens (primary N) is 1. The molecule has 3 atom stereocenters. The lowest BCUT2D eigenvalue weighted by atomic mass is 10.1. The van der Waals surface area contributed by atoms with Crippen molar-refractivity contribution in [1.29, 1.82) is 0 Å². The minimum atomic E-state index is -4.36. The number of anilines is 2. The van der Waals surface area contributed by atoms with Crippen LogP contribution in [0.4, 0.5) is 11.6 Å². The largest absolute Gasteiger partial charge is 0.480 e. The number of carbonyl (C=O) groups is 5. The predicted molar refractivity (Wildman–Crippen MR) is 182 cm³/mol. The lowest BCUT2D eigenvalue weighted by Crippen LogP contribution is -2.53. The molecule has 22 heteroatoms. The molecule has 10 N–H and O–H groups in total. The van der Waals surface area contributed by atoms with E-state index in [2.05, 4.69) is 59.1 Å². The fourth-order valence-corrected chi connectivity index (χ4v) is 4.83. The van der Waals surface area contributed by atoms with Crippen LogP contribution in [0.3, 0.4) is 0 Å². The number of hydrogen-bond acceptors (Lipinski definition) is 14. The van der Waals surface area contributed by atoms with Gasteiger partial charge in [0.25, 0.3) is 21.6 Å². The third-order valence-electron chi connectivity index (χ3n) is 6.81. The van der Waals surface area contributed by atoms with Crippen LogP contribution < -0.4 is 37.9 Å². The Labute approximate surface area is 290 Å². The van der Waals surface area contributed by atoms with Crippen LogP contribution >= 0.6 is 12.6 Å². The fraction of sp³-hybridized carbons (Fsp3) is 0.393. The van der Waals surface area contributed by atoms with Crippen LogP contribution in [0.2, 0.25) is 0 Å². The number of nitrogens with zero attached hydrogens (tertiary/aromatic N) is 3. The van der Waals surface area contributed by atoms with E-state index in [9.17, 15) is 42.3 Å². The minimum absolute atomic E-state index is 0.0412. The summed E-state index contributed by atoms with van der Waals surface area (Å²) in [7, 11) is -4.36. The van der Waals surface area contributed by atoms with Gasteiger partial charge in [-0.1, -0.05) is 0 Å². The molecule has 3 aromatic rings. The summed E-state index contributed by atoms with van der Waals surface area (Å²) in [5.74, 6) is -5.49. The summed E-state index contributed by atoms with van der Waals surface area (Å²) in [5.41, 5.74) is 6.58. The lowest BCUT2D eigenvalue weighted by Gasteiger charge is -2.21. The SMILES string of the molecule is C[C@H](CCC(=O)N[C@@H](CC(=O)NCCS(=O)(=O)O)C(=O)N[C@@H](CS)C(=O)O)NC(=O)c1ccc(NCc2cnc3nc(N)[nH]c(=O)c3n2)cc1. The second kappa shape index (κ2) is 17.9. The standard InChI is InChI=1S/C28H36N10O10S2/c1-14(2-7-20(39)35-18(25(42)36-19(13-49)27(44)45)10-21(40)30-8-9-50(46,47)48)33-24(41)15-3-5-16(6-4-15)31-11-17-12-32-23-22(34-17)26(43)38-28(29)37-23/h3-6,12,14,18-19,31,49H,2,7-11,13H2,1H3,(H,30,40)(H,33,41)(H,35,39)(H,36,42)(H,44,45)(H,46,47,48)(H3,29,32,37,38,43)/t14-,18+,19+/m1/s1. The van der Waals surface area contributed by atoms with Gasteiger partial charge in [-0.25, -0.2) is 14.8 Å². The number of aliphatic carboxylic acids is 1. The lowest BCUT2D eigenvalue weighted by molar-refractivity contribution is -0.141. The molecule has 0 fully saturated rings. The zero-order valence-corrected chi connectivity index (χ0v) is 28.2. The Morgan fingerprint density at radius 3 is 2.36 bits per heavy atom. The number of nitrogens with one attached hydrogen (secondary N) is 6. The van der Waals surface area contributed by atoms with E-state index in [1.165, 1.54) is 6.20 Å². The van der Waals surface area contributed by atoms with Crippen molar-refractivity contribution in [2.24, 2.45) is 0 Å². The molecular weight excluding hydrogens is 701 g/mol. The van der Waals surface area contributed by atoms with Gasteiger partial charge >= 0.3 is 5.97 Å². The second-order valence-corrected chi connectivity index (χ2v) is 12.8. The Morgan fingerprint density at radius 2 is 1.72 bits per heavy atom. The topological polar surface area (TPSA) is 318 Å². The molecule has 2 aromatic heterocycles. The normalized spacial score (nSPS) is 13.0. The van der Waals surface area contributed by atoms with Gasteiger partial charge in [-0.15, -0.1) is 0 Å². The van der Waals surface area contributed by atoms with Gasteiger partial charge in [0.1, 0.15) is 12.1 Å². The number of carboxylic acids is 1. The maximum atomic E-state index is 12.8. The Hall–Kier alpha value is -5.35. The summed E-state index contributed by atoms with van der Waals surface area (Å²) in [6.07, 6.45) is 0.714. The first-order valence-electron chi connectivity index (χ1n) is 14.9. The second-order valence-electron chi connectivity index (χ2n) is 10.9. The van der Waals surface area contributed by atoms with E-state index >= 15 is 0 Å². The average molecular weight is 737 g/mol. The number of amides is 4. The molecule has 0 radical (unpaired) electrons. The molecule has 2 heterocycles. The van der Waals surface area contributed by atoms with Gasteiger partial charge in [0.15, 0.2) is 11.2 Å². The Morgan fingerprint density at radius 1 is 1.02 bits per heavy atom. The number of thiol groups is 1. The highest BCUT2D eigenvalue weighted by atomic mass is 32.2. The van der Waals surface area contributed by atoms with Crippen molar-refractivity contribution < 1.29 is 42.0 Å². The van der Waals surface area contributed by atoms with E-state index in [-0.39, 0.29) is 42.3 Å². The van der Waals surface area contributed by atoms with Gasteiger partial charge in [-0.2, -0.15) is 26.0 Å². The number of benzene rings is 1. The third-order valence-corrected chi connectivity index (χ3v) is 7.89. The molecule has 0 aliphatic rings. The van der Waals surface area contributed by atoms with Crippen LogP contribution in [0, 0.1) is 0 Å². The van der Waals surface area contributed by atoms with Crippen LogP contribution in [-0.2, 0) is 35.8 Å². The van der Waals surface area contributed by atoms with Gasteiger partial charge in [0.05, 0.1) is 30.6 Å².